The average Bonchev–Trinajstić information content (AvgIpc) is 3.17. The highest BCUT2D eigenvalue weighted by Crippen LogP contribution is 2.36. The summed E-state index contributed by atoms with van der Waals surface area (Å²) in [7, 11) is 0.809. The van der Waals surface area contributed by atoms with Gasteiger partial charge in [-0.1, -0.05) is 42.5 Å². The standard InChI is InChI=1S/C24H28N2O4S2/c1-25(2)20-10-8-18(9-11-20)16-26(21-12-15-32(28,29)17-21)24(27)22-23(31-14-13-30-22)19-6-4-3-5-7-19/h3-11,21H,12-17H2,1-2H3. The van der Waals surface area contributed by atoms with Crippen LogP contribution in [0.1, 0.15) is 17.5 Å². The van der Waals surface area contributed by atoms with Crippen molar-refractivity contribution in [3.63, 3.8) is 0 Å². The molecule has 2 aliphatic rings. The van der Waals surface area contributed by atoms with Crippen molar-refractivity contribution in [1.29, 1.82) is 0 Å². The fourth-order valence-electron chi connectivity index (χ4n) is 4.00. The quantitative estimate of drug-likeness (QED) is 0.642. The molecule has 1 amide bonds. The molecule has 0 N–H and O–H groups in total. The van der Waals surface area contributed by atoms with E-state index in [2.05, 4.69) is 0 Å². The van der Waals surface area contributed by atoms with Crippen molar-refractivity contribution in [2.24, 2.45) is 0 Å². The van der Waals surface area contributed by atoms with Crippen molar-refractivity contribution in [3.05, 3.63) is 71.5 Å². The van der Waals surface area contributed by atoms with E-state index in [1.807, 2.05) is 73.6 Å². The molecule has 1 atom stereocenters. The van der Waals surface area contributed by atoms with Gasteiger partial charge < -0.3 is 14.5 Å². The van der Waals surface area contributed by atoms with Gasteiger partial charge in [-0.05, 0) is 29.7 Å². The van der Waals surface area contributed by atoms with Gasteiger partial charge in [-0.25, -0.2) is 8.42 Å². The predicted octanol–water partition coefficient (Wildman–Crippen LogP) is 3.40. The van der Waals surface area contributed by atoms with Crippen molar-refractivity contribution < 1.29 is 17.9 Å². The highest BCUT2D eigenvalue weighted by Gasteiger charge is 2.37. The van der Waals surface area contributed by atoms with Gasteiger partial charge in [0.2, 0.25) is 0 Å². The van der Waals surface area contributed by atoms with Gasteiger partial charge in [-0.3, -0.25) is 4.79 Å². The van der Waals surface area contributed by atoms with Crippen LogP contribution in [0.5, 0.6) is 0 Å². The molecule has 0 aromatic heterocycles. The van der Waals surface area contributed by atoms with E-state index in [1.165, 1.54) is 0 Å². The minimum Gasteiger partial charge on any atom is -0.486 e. The molecule has 1 unspecified atom stereocenters. The summed E-state index contributed by atoms with van der Waals surface area (Å²) in [6, 6.07) is 17.4. The van der Waals surface area contributed by atoms with E-state index in [-0.39, 0.29) is 23.5 Å². The van der Waals surface area contributed by atoms with E-state index < -0.39 is 9.84 Å². The van der Waals surface area contributed by atoms with Crippen LogP contribution >= 0.6 is 11.8 Å². The minimum absolute atomic E-state index is 0.00435. The topological polar surface area (TPSA) is 66.9 Å². The van der Waals surface area contributed by atoms with Crippen LogP contribution in [0.4, 0.5) is 5.69 Å². The Hall–Kier alpha value is -2.45. The second-order valence-corrected chi connectivity index (χ2v) is 11.6. The fourth-order valence-corrected chi connectivity index (χ4v) is 6.68. The normalized spacial score (nSPS) is 20.0. The van der Waals surface area contributed by atoms with Gasteiger partial charge in [-0.2, -0.15) is 0 Å². The molecule has 32 heavy (non-hydrogen) atoms. The van der Waals surface area contributed by atoms with Gasteiger partial charge in [-0.15, -0.1) is 11.8 Å². The Morgan fingerprint density at radius 3 is 2.44 bits per heavy atom. The van der Waals surface area contributed by atoms with Gasteiger partial charge in [0.25, 0.3) is 5.91 Å². The number of rotatable bonds is 6. The summed E-state index contributed by atoms with van der Waals surface area (Å²) in [5.41, 5.74) is 2.96. The fraction of sp³-hybridized carbons (Fsp3) is 0.375. The molecular formula is C24H28N2O4S2. The molecule has 6 nitrogen and oxygen atoms in total. The van der Waals surface area contributed by atoms with E-state index in [1.54, 1.807) is 16.7 Å². The Kier molecular flexibility index (Phi) is 6.81. The monoisotopic (exact) mass is 472 g/mol. The van der Waals surface area contributed by atoms with Crippen molar-refractivity contribution in [2.75, 3.05) is 42.9 Å². The van der Waals surface area contributed by atoms with E-state index in [0.717, 1.165) is 27.5 Å². The average molecular weight is 473 g/mol. The van der Waals surface area contributed by atoms with E-state index in [0.29, 0.717) is 25.3 Å². The molecule has 8 heteroatoms. The predicted molar refractivity (Wildman–Crippen MR) is 130 cm³/mol. The maximum absolute atomic E-state index is 13.8. The first-order valence-corrected chi connectivity index (χ1v) is 13.5. The van der Waals surface area contributed by atoms with Gasteiger partial charge in [0.05, 0.1) is 23.0 Å². The van der Waals surface area contributed by atoms with Gasteiger partial charge in [0, 0.05) is 38.1 Å². The lowest BCUT2D eigenvalue weighted by Gasteiger charge is -2.31. The number of benzene rings is 2. The summed E-state index contributed by atoms with van der Waals surface area (Å²) in [5, 5.41) is 0. The number of anilines is 1. The molecule has 0 saturated carbocycles. The van der Waals surface area contributed by atoms with Crippen molar-refractivity contribution in [1.82, 2.24) is 4.90 Å². The molecule has 1 fully saturated rings. The molecule has 1 saturated heterocycles. The number of amides is 1. The highest BCUT2D eigenvalue weighted by atomic mass is 32.2. The molecule has 4 rings (SSSR count). The minimum atomic E-state index is -3.14. The zero-order valence-corrected chi connectivity index (χ0v) is 20.0. The summed E-state index contributed by atoms with van der Waals surface area (Å²) in [4.78, 5) is 18.3. The molecule has 0 bridgehead atoms. The summed E-state index contributed by atoms with van der Waals surface area (Å²) >= 11 is 1.61. The van der Waals surface area contributed by atoms with Crippen LogP contribution in [0.3, 0.4) is 0 Å². The summed E-state index contributed by atoms with van der Waals surface area (Å²) in [6.45, 7) is 0.794. The maximum atomic E-state index is 13.8. The van der Waals surface area contributed by atoms with Crippen LogP contribution < -0.4 is 4.90 Å². The molecule has 2 heterocycles. The Balaban J connectivity index is 1.68. The van der Waals surface area contributed by atoms with Crippen molar-refractivity contribution in [2.45, 2.75) is 19.0 Å². The second kappa shape index (κ2) is 9.58. The molecule has 0 spiro atoms. The summed E-state index contributed by atoms with van der Waals surface area (Å²) in [6.07, 6.45) is 0.449. The third kappa shape index (κ3) is 5.13. The SMILES string of the molecule is CN(C)c1ccc(CN(C(=O)C2=C(c3ccccc3)SCCO2)C2CCS(=O)(=O)C2)cc1. The Morgan fingerprint density at radius 2 is 1.81 bits per heavy atom. The first kappa shape index (κ1) is 22.7. The largest absolute Gasteiger partial charge is 0.486 e. The van der Waals surface area contributed by atoms with Crippen molar-refractivity contribution in [3.8, 4) is 0 Å². The lowest BCUT2D eigenvalue weighted by molar-refractivity contribution is -0.133. The van der Waals surface area contributed by atoms with E-state index in [4.69, 9.17) is 4.74 Å². The van der Waals surface area contributed by atoms with Gasteiger partial charge >= 0.3 is 0 Å². The zero-order valence-electron chi connectivity index (χ0n) is 18.4. The number of hydrogen-bond donors (Lipinski definition) is 0. The van der Waals surface area contributed by atoms with Crippen molar-refractivity contribution >= 4 is 38.1 Å². The summed E-state index contributed by atoms with van der Waals surface area (Å²) < 4.78 is 30.3. The highest BCUT2D eigenvalue weighted by molar-refractivity contribution is 8.08. The maximum Gasteiger partial charge on any atom is 0.290 e. The Morgan fingerprint density at radius 1 is 1.09 bits per heavy atom. The van der Waals surface area contributed by atoms with Crippen LogP contribution in [0.25, 0.3) is 4.91 Å². The van der Waals surface area contributed by atoms with Crippen LogP contribution in [-0.4, -0.2) is 63.2 Å². The Labute approximate surface area is 194 Å². The number of ether oxygens (including phenoxy) is 1. The molecule has 0 aliphatic carbocycles. The zero-order chi connectivity index (χ0) is 22.7. The number of hydrogen-bond acceptors (Lipinski definition) is 6. The molecule has 2 aromatic rings. The van der Waals surface area contributed by atoms with Gasteiger partial charge in [0.1, 0.15) is 0 Å². The lowest BCUT2D eigenvalue weighted by atomic mass is 10.1. The third-order valence-electron chi connectivity index (χ3n) is 5.73. The molecule has 2 aliphatic heterocycles. The molecule has 2 aromatic carbocycles. The molecular weight excluding hydrogens is 444 g/mol. The Bertz CT molecular complexity index is 1100. The first-order chi connectivity index (χ1) is 15.3. The number of nitrogens with zero attached hydrogens (tertiary/aromatic N) is 2. The van der Waals surface area contributed by atoms with Crippen LogP contribution in [0.2, 0.25) is 0 Å². The number of sulfone groups is 1. The van der Waals surface area contributed by atoms with Gasteiger partial charge in [0.15, 0.2) is 15.6 Å². The lowest BCUT2D eigenvalue weighted by Crippen LogP contribution is -2.42. The number of carbonyl (C=O) groups is 1. The number of thioether (sulfide) groups is 1. The third-order valence-corrected chi connectivity index (χ3v) is 8.56. The van der Waals surface area contributed by atoms with E-state index in [9.17, 15) is 13.2 Å². The van der Waals surface area contributed by atoms with Crippen LogP contribution in [-0.2, 0) is 25.9 Å². The molecule has 0 radical (unpaired) electrons. The summed E-state index contributed by atoms with van der Waals surface area (Å²) in [5.74, 6) is 0.957. The second-order valence-electron chi connectivity index (χ2n) is 8.27. The number of carbonyl (C=O) groups excluding carboxylic acids is 1. The first-order valence-electron chi connectivity index (χ1n) is 10.7. The molecule has 170 valence electrons. The van der Waals surface area contributed by atoms with E-state index >= 15 is 0 Å². The smallest absolute Gasteiger partial charge is 0.290 e. The van der Waals surface area contributed by atoms with Crippen LogP contribution in [0, 0.1) is 0 Å². The van der Waals surface area contributed by atoms with Crippen LogP contribution in [0.15, 0.2) is 60.4 Å².